The van der Waals surface area contributed by atoms with Crippen molar-refractivity contribution in [3.05, 3.63) is 68.0 Å². The minimum Gasteiger partial charge on any atom is -0.496 e. The van der Waals surface area contributed by atoms with E-state index in [-0.39, 0.29) is 29.6 Å². The molecule has 0 aliphatic rings. The van der Waals surface area contributed by atoms with Gasteiger partial charge in [-0.15, -0.1) is 0 Å². The summed E-state index contributed by atoms with van der Waals surface area (Å²) in [4.78, 5) is 42.0. The number of amides is 1. The van der Waals surface area contributed by atoms with E-state index in [0.29, 0.717) is 23.3 Å². The van der Waals surface area contributed by atoms with Crippen LogP contribution in [0.4, 0.5) is 0 Å². The highest BCUT2D eigenvalue weighted by molar-refractivity contribution is 5.96. The van der Waals surface area contributed by atoms with Gasteiger partial charge in [0.25, 0.3) is 11.5 Å². The molecule has 1 N–H and O–H groups in total. The summed E-state index contributed by atoms with van der Waals surface area (Å²) in [5.74, 6) is 0.0202. The molecular formula is C21H24N4O4. The van der Waals surface area contributed by atoms with Gasteiger partial charge in [-0.1, -0.05) is 0 Å². The first-order valence-electron chi connectivity index (χ1n) is 9.40. The summed E-state index contributed by atoms with van der Waals surface area (Å²) >= 11 is 0. The van der Waals surface area contributed by atoms with Crippen molar-refractivity contribution in [1.29, 1.82) is 0 Å². The Bertz CT molecular complexity index is 1190. The number of rotatable bonds is 6. The maximum Gasteiger partial charge on any atom is 0.256 e. The van der Waals surface area contributed by atoms with Gasteiger partial charge in [0.15, 0.2) is 0 Å². The van der Waals surface area contributed by atoms with Gasteiger partial charge in [-0.05, 0) is 39.0 Å². The lowest BCUT2D eigenvalue weighted by molar-refractivity contribution is 0.0950. The fourth-order valence-electron chi connectivity index (χ4n) is 3.24. The van der Waals surface area contributed by atoms with Crippen LogP contribution in [0.2, 0.25) is 0 Å². The maximum absolute atomic E-state index is 12.8. The zero-order valence-electron chi connectivity index (χ0n) is 17.0. The predicted octanol–water partition coefficient (Wildman–Crippen LogP) is 1.63. The third kappa shape index (κ3) is 4.06. The molecule has 8 heteroatoms. The molecule has 8 nitrogen and oxygen atoms in total. The molecule has 3 heterocycles. The molecule has 0 radical (unpaired) electrons. The van der Waals surface area contributed by atoms with E-state index in [4.69, 9.17) is 4.74 Å². The van der Waals surface area contributed by atoms with Crippen LogP contribution in [0.1, 0.15) is 28.7 Å². The van der Waals surface area contributed by atoms with E-state index in [1.807, 2.05) is 13.8 Å². The molecule has 0 unspecified atom stereocenters. The summed E-state index contributed by atoms with van der Waals surface area (Å²) in [6.45, 7) is 6.65. The maximum atomic E-state index is 12.8. The first kappa shape index (κ1) is 20.3. The Morgan fingerprint density at radius 2 is 1.97 bits per heavy atom. The average Bonchev–Trinajstić information content (AvgIpc) is 2.69. The lowest BCUT2D eigenvalue weighted by atomic mass is 10.1. The number of aryl methyl sites for hydroxylation is 3. The van der Waals surface area contributed by atoms with E-state index < -0.39 is 5.91 Å². The zero-order valence-corrected chi connectivity index (χ0v) is 17.0. The number of pyridine rings is 3. The van der Waals surface area contributed by atoms with Gasteiger partial charge in [-0.2, -0.15) is 0 Å². The topological polar surface area (TPSA) is 95.2 Å². The molecule has 0 atom stereocenters. The lowest BCUT2D eigenvalue weighted by Gasteiger charge is -2.13. The SMILES string of the molecule is CCn1cc(C(=O)NCCn2c(C)cc(OC)cc2=O)c(=O)c2ccc(C)nc21. The summed E-state index contributed by atoms with van der Waals surface area (Å²) < 4.78 is 8.41. The Labute approximate surface area is 167 Å². The second kappa shape index (κ2) is 8.30. The van der Waals surface area contributed by atoms with Crippen LogP contribution in [-0.4, -0.2) is 33.7 Å². The molecule has 0 aromatic carbocycles. The van der Waals surface area contributed by atoms with E-state index >= 15 is 0 Å². The molecule has 0 spiro atoms. The van der Waals surface area contributed by atoms with E-state index in [2.05, 4.69) is 10.3 Å². The molecule has 3 aromatic rings. The predicted molar refractivity (Wildman–Crippen MR) is 111 cm³/mol. The minimum absolute atomic E-state index is 0.0591. The molecule has 1 amide bonds. The van der Waals surface area contributed by atoms with E-state index in [1.54, 1.807) is 34.3 Å². The number of hydrogen-bond donors (Lipinski definition) is 1. The average molecular weight is 396 g/mol. The van der Waals surface area contributed by atoms with Crippen molar-refractivity contribution in [2.24, 2.45) is 0 Å². The van der Waals surface area contributed by atoms with Gasteiger partial charge >= 0.3 is 0 Å². The van der Waals surface area contributed by atoms with E-state index in [0.717, 1.165) is 11.4 Å². The van der Waals surface area contributed by atoms with Crippen molar-refractivity contribution in [2.75, 3.05) is 13.7 Å². The number of nitrogens with zero attached hydrogens (tertiary/aromatic N) is 3. The summed E-state index contributed by atoms with van der Waals surface area (Å²) in [6.07, 6.45) is 1.54. The highest BCUT2D eigenvalue weighted by Crippen LogP contribution is 2.11. The third-order valence-electron chi connectivity index (χ3n) is 4.81. The first-order valence-corrected chi connectivity index (χ1v) is 9.40. The normalized spacial score (nSPS) is 10.9. The first-order chi connectivity index (χ1) is 13.8. The fourth-order valence-corrected chi connectivity index (χ4v) is 3.24. The molecule has 0 aliphatic carbocycles. The Kier molecular flexibility index (Phi) is 5.81. The van der Waals surface area contributed by atoms with Gasteiger partial charge in [-0.3, -0.25) is 14.4 Å². The second-order valence-electron chi connectivity index (χ2n) is 6.76. The number of carbonyl (C=O) groups is 1. The van der Waals surface area contributed by atoms with Crippen LogP contribution in [0.3, 0.4) is 0 Å². The molecule has 0 aliphatic heterocycles. The summed E-state index contributed by atoms with van der Waals surface area (Å²) in [7, 11) is 1.50. The summed E-state index contributed by atoms with van der Waals surface area (Å²) in [5, 5.41) is 3.14. The van der Waals surface area contributed by atoms with Crippen molar-refractivity contribution < 1.29 is 9.53 Å². The Balaban J connectivity index is 1.82. The van der Waals surface area contributed by atoms with Gasteiger partial charge in [0, 0.05) is 43.3 Å². The third-order valence-corrected chi connectivity index (χ3v) is 4.81. The monoisotopic (exact) mass is 396 g/mol. The van der Waals surface area contributed by atoms with Crippen molar-refractivity contribution in [2.45, 2.75) is 33.9 Å². The smallest absolute Gasteiger partial charge is 0.256 e. The number of hydrogen-bond acceptors (Lipinski definition) is 5. The van der Waals surface area contributed by atoms with Crippen LogP contribution in [0.5, 0.6) is 5.75 Å². The molecule has 0 fully saturated rings. The number of fused-ring (bicyclic) bond motifs is 1. The molecule has 152 valence electrons. The largest absolute Gasteiger partial charge is 0.496 e. The molecular weight excluding hydrogens is 372 g/mol. The number of methoxy groups -OCH3 is 1. The van der Waals surface area contributed by atoms with Crippen LogP contribution < -0.4 is 21.0 Å². The quantitative estimate of drug-likeness (QED) is 0.683. The highest BCUT2D eigenvalue weighted by atomic mass is 16.5. The summed E-state index contributed by atoms with van der Waals surface area (Å²) in [5.41, 5.74) is 1.59. The molecule has 0 saturated carbocycles. The number of nitrogens with one attached hydrogen (secondary N) is 1. The molecule has 3 rings (SSSR count). The lowest BCUT2D eigenvalue weighted by Crippen LogP contribution is -2.34. The van der Waals surface area contributed by atoms with Gasteiger partial charge in [0.05, 0.1) is 12.5 Å². The molecule has 0 bridgehead atoms. The van der Waals surface area contributed by atoms with Gasteiger partial charge in [0.1, 0.15) is 17.0 Å². The Morgan fingerprint density at radius 1 is 1.21 bits per heavy atom. The number of ether oxygens (including phenoxy) is 1. The van der Waals surface area contributed by atoms with Crippen molar-refractivity contribution in [3.8, 4) is 5.75 Å². The summed E-state index contributed by atoms with van der Waals surface area (Å²) in [6, 6.07) is 6.60. The van der Waals surface area contributed by atoms with Crippen molar-refractivity contribution in [3.63, 3.8) is 0 Å². The van der Waals surface area contributed by atoms with Crippen LogP contribution in [-0.2, 0) is 13.1 Å². The number of carbonyl (C=O) groups excluding carboxylic acids is 1. The van der Waals surface area contributed by atoms with Crippen LogP contribution in [0.15, 0.2) is 40.1 Å². The molecule has 0 saturated heterocycles. The van der Waals surface area contributed by atoms with Crippen LogP contribution in [0, 0.1) is 13.8 Å². The molecule has 29 heavy (non-hydrogen) atoms. The zero-order chi connectivity index (χ0) is 21.1. The van der Waals surface area contributed by atoms with Gasteiger partial charge in [0.2, 0.25) is 5.43 Å². The Hall–Kier alpha value is -3.42. The fraction of sp³-hybridized carbons (Fsp3) is 0.333. The highest BCUT2D eigenvalue weighted by Gasteiger charge is 2.16. The van der Waals surface area contributed by atoms with Gasteiger partial charge < -0.3 is 19.2 Å². The second-order valence-corrected chi connectivity index (χ2v) is 6.76. The molecule has 3 aromatic heterocycles. The van der Waals surface area contributed by atoms with Gasteiger partial charge in [-0.25, -0.2) is 4.98 Å². The van der Waals surface area contributed by atoms with Crippen molar-refractivity contribution >= 4 is 16.9 Å². The van der Waals surface area contributed by atoms with Crippen molar-refractivity contribution in [1.82, 2.24) is 19.4 Å². The minimum atomic E-state index is -0.473. The van der Waals surface area contributed by atoms with Crippen LogP contribution >= 0.6 is 0 Å². The van der Waals surface area contributed by atoms with E-state index in [1.165, 1.54) is 19.4 Å². The standard InChI is InChI=1S/C21H24N4O4/c1-5-24-12-17(19(27)16-7-6-13(2)23-20(16)24)21(28)22-8-9-25-14(3)10-15(29-4)11-18(25)26/h6-7,10-12H,5,8-9H2,1-4H3,(H,22,28). The number of aromatic nitrogens is 3. The van der Waals surface area contributed by atoms with E-state index in [9.17, 15) is 14.4 Å². The van der Waals surface area contributed by atoms with Crippen LogP contribution in [0.25, 0.3) is 11.0 Å². The Morgan fingerprint density at radius 3 is 2.62 bits per heavy atom.